The molecule has 2 rings (SSSR count). The predicted octanol–water partition coefficient (Wildman–Crippen LogP) is 2.25. The average molecular weight is 522 g/mol. The zero-order valence-corrected chi connectivity index (χ0v) is 20.1. The molecule has 0 aliphatic carbocycles. The lowest BCUT2D eigenvalue weighted by Gasteiger charge is -2.18. The van der Waals surface area contributed by atoms with Gasteiger partial charge in [-0.15, -0.1) is 11.8 Å². The van der Waals surface area contributed by atoms with Crippen LogP contribution in [0.25, 0.3) is 0 Å². The van der Waals surface area contributed by atoms with Gasteiger partial charge in [-0.1, -0.05) is 6.07 Å². The van der Waals surface area contributed by atoms with Crippen LogP contribution in [0.4, 0.5) is 0 Å². The number of carbonyl (C=O) groups is 1. The van der Waals surface area contributed by atoms with E-state index in [4.69, 9.17) is 9.11 Å². The van der Waals surface area contributed by atoms with Gasteiger partial charge in [-0.2, -0.15) is 28.6 Å². The lowest BCUT2D eigenvalue weighted by atomic mass is 10.1. The number of thioether (sulfide) groups is 2. The first-order valence-electron chi connectivity index (χ1n) is 9.36. The summed E-state index contributed by atoms with van der Waals surface area (Å²) >= 11 is 2.36. The molecular weight excluding hydrogens is 498 g/mol. The minimum atomic E-state index is -4.14. The Bertz CT molecular complexity index is 983. The summed E-state index contributed by atoms with van der Waals surface area (Å²) in [5.41, 5.74) is 0.604. The number of hydrogen-bond acceptors (Lipinski definition) is 10. The maximum Gasteiger partial charge on any atom is 0.265 e. The third kappa shape index (κ3) is 10.8. The second kappa shape index (κ2) is 12.6. The van der Waals surface area contributed by atoms with Gasteiger partial charge < -0.3 is 0 Å². The van der Waals surface area contributed by atoms with E-state index >= 15 is 0 Å². The minimum absolute atomic E-state index is 0.0162. The molecule has 0 amide bonds. The van der Waals surface area contributed by atoms with Gasteiger partial charge in [-0.25, -0.2) is 9.97 Å². The molecule has 2 heterocycles. The van der Waals surface area contributed by atoms with Crippen molar-refractivity contribution < 1.29 is 30.7 Å². The van der Waals surface area contributed by atoms with Crippen LogP contribution in [0.1, 0.15) is 34.9 Å². The Balaban J connectivity index is 2.09. The smallest absolute Gasteiger partial charge is 0.265 e. The van der Waals surface area contributed by atoms with Crippen molar-refractivity contribution in [1.82, 2.24) is 15.0 Å². The van der Waals surface area contributed by atoms with Crippen LogP contribution < -0.4 is 0 Å². The molecule has 2 unspecified atom stereocenters. The van der Waals surface area contributed by atoms with E-state index < -0.39 is 42.2 Å². The first-order chi connectivity index (χ1) is 15.0. The van der Waals surface area contributed by atoms with Crippen molar-refractivity contribution in [1.29, 1.82) is 0 Å². The molecule has 2 aromatic heterocycles. The summed E-state index contributed by atoms with van der Waals surface area (Å²) in [6.07, 6.45) is 4.68. The van der Waals surface area contributed by atoms with E-state index in [1.165, 1.54) is 24.2 Å². The Morgan fingerprint density at radius 2 is 1.34 bits per heavy atom. The van der Waals surface area contributed by atoms with Crippen molar-refractivity contribution in [2.75, 3.05) is 23.0 Å². The van der Waals surface area contributed by atoms with Crippen LogP contribution in [0.3, 0.4) is 0 Å². The maximum atomic E-state index is 12.9. The number of ketones is 1. The number of rotatable bonds is 14. The van der Waals surface area contributed by atoms with Crippen molar-refractivity contribution in [2.45, 2.75) is 23.3 Å². The molecule has 0 aliphatic rings. The molecule has 0 fully saturated rings. The highest BCUT2D eigenvalue weighted by molar-refractivity contribution is 8.00. The van der Waals surface area contributed by atoms with E-state index in [-0.39, 0.29) is 30.1 Å². The normalized spacial score (nSPS) is 14.1. The highest BCUT2D eigenvalue weighted by Gasteiger charge is 2.24. The lowest BCUT2D eigenvalue weighted by molar-refractivity contribution is -0.119. The molecule has 2 N–H and O–H groups in total. The molecule has 14 heteroatoms. The zero-order valence-electron chi connectivity index (χ0n) is 16.8. The highest BCUT2D eigenvalue weighted by Crippen LogP contribution is 2.35. The van der Waals surface area contributed by atoms with E-state index in [1.54, 1.807) is 30.5 Å². The second-order valence-corrected chi connectivity index (χ2v) is 12.4. The third-order valence-electron chi connectivity index (χ3n) is 4.04. The van der Waals surface area contributed by atoms with E-state index in [0.29, 0.717) is 11.5 Å². The Hall–Kier alpha value is -1.58. The molecule has 2 aromatic rings. The molecule has 2 atom stereocenters. The molecule has 0 radical (unpaired) electrons. The summed E-state index contributed by atoms with van der Waals surface area (Å²) in [5.74, 6) is -0.562. The standard InChI is InChI=1S/C18H23N3O7S4/c22-14(12-16(15-4-1-2-5-19-15)29-8-10-31(23,24)25)13-17(18-20-6-3-7-21-18)30-9-11-32(26,27)28/h1-7,16-17H,8-13H2,(H,23,24,25)(H,26,27,28). The molecule has 0 bridgehead atoms. The summed E-state index contributed by atoms with van der Waals surface area (Å²) in [5, 5.41) is -0.941. The largest absolute Gasteiger partial charge is 0.300 e. The van der Waals surface area contributed by atoms with Gasteiger partial charge >= 0.3 is 0 Å². The number of Topliss-reactive ketones (excluding diaryl/α,β-unsaturated/α-hetero) is 1. The van der Waals surface area contributed by atoms with E-state index in [0.717, 1.165) is 11.8 Å². The van der Waals surface area contributed by atoms with Crippen molar-refractivity contribution >= 4 is 49.5 Å². The van der Waals surface area contributed by atoms with Crippen LogP contribution in [0.2, 0.25) is 0 Å². The summed E-state index contributed by atoms with van der Waals surface area (Å²) in [4.78, 5) is 25.4. The molecule has 176 valence electrons. The van der Waals surface area contributed by atoms with Gasteiger partial charge in [0.25, 0.3) is 20.2 Å². The molecule has 0 spiro atoms. The van der Waals surface area contributed by atoms with E-state index in [2.05, 4.69) is 15.0 Å². The Labute approximate surface area is 195 Å². The number of carbonyl (C=O) groups excluding carboxylic acids is 1. The fraction of sp³-hybridized carbons (Fsp3) is 0.444. The summed E-state index contributed by atoms with van der Waals surface area (Å²) in [6, 6.07) is 6.83. The monoisotopic (exact) mass is 521 g/mol. The van der Waals surface area contributed by atoms with Crippen LogP contribution >= 0.6 is 23.5 Å². The Kier molecular flexibility index (Phi) is 10.5. The van der Waals surface area contributed by atoms with Crippen LogP contribution in [0.15, 0.2) is 42.9 Å². The van der Waals surface area contributed by atoms with Crippen LogP contribution in [0.5, 0.6) is 0 Å². The summed E-state index contributed by atoms with van der Waals surface area (Å²) in [6.45, 7) is 0. The fourth-order valence-electron chi connectivity index (χ4n) is 2.61. The molecule has 0 saturated heterocycles. The third-order valence-corrected chi connectivity index (χ3v) is 8.47. The van der Waals surface area contributed by atoms with Crippen molar-refractivity contribution in [3.05, 3.63) is 54.4 Å². The van der Waals surface area contributed by atoms with E-state index in [9.17, 15) is 21.6 Å². The van der Waals surface area contributed by atoms with Crippen molar-refractivity contribution in [3.8, 4) is 0 Å². The fourth-order valence-corrected chi connectivity index (χ4v) is 6.82. The first-order valence-corrected chi connectivity index (χ1v) is 14.7. The quantitative estimate of drug-likeness (QED) is 0.349. The van der Waals surface area contributed by atoms with Crippen LogP contribution in [-0.4, -0.2) is 69.7 Å². The Morgan fingerprint density at radius 3 is 1.88 bits per heavy atom. The van der Waals surface area contributed by atoms with Gasteiger partial charge in [-0.05, 0) is 18.2 Å². The van der Waals surface area contributed by atoms with Gasteiger partial charge in [-0.3, -0.25) is 18.9 Å². The highest BCUT2D eigenvalue weighted by atomic mass is 32.2. The maximum absolute atomic E-state index is 12.9. The van der Waals surface area contributed by atoms with Gasteiger partial charge in [0.15, 0.2) is 0 Å². The topological polar surface area (TPSA) is 164 Å². The SMILES string of the molecule is O=C(CC(SCCS(=O)(=O)O)c1ccccn1)CC(SCCS(=O)(=O)O)c1ncccn1. The zero-order chi connectivity index (χ0) is 23.6. The number of nitrogens with zero attached hydrogens (tertiary/aromatic N) is 3. The second-order valence-electron chi connectivity index (χ2n) is 6.60. The number of pyridine rings is 1. The van der Waals surface area contributed by atoms with Crippen LogP contribution in [0, 0.1) is 0 Å². The first kappa shape index (κ1) is 26.7. The van der Waals surface area contributed by atoms with Gasteiger partial charge in [0.1, 0.15) is 11.6 Å². The summed E-state index contributed by atoms with van der Waals surface area (Å²) < 4.78 is 62.0. The molecule has 0 aliphatic heterocycles. The number of aromatic nitrogens is 3. The van der Waals surface area contributed by atoms with E-state index in [1.807, 2.05) is 0 Å². The van der Waals surface area contributed by atoms with Crippen LogP contribution in [-0.2, 0) is 25.0 Å². The minimum Gasteiger partial charge on any atom is -0.300 e. The molecule has 10 nitrogen and oxygen atoms in total. The number of hydrogen-bond donors (Lipinski definition) is 2. The molecular formula is C18H23N3O7S4. The molecule has 0 saturated carbocycles. The van der Waals surface area contributed by atoms with Gasteiger partial charge in [0.2, 0.25) is 0 Å². The molecule has 0 aromatic carbocycles. The van der Waals surface area contributed by atoms with Gasteiger partial charge in [0.05, 0.1) is 27.7 Å². The van der Waals surface area contributed by atoms with Gasteiger partial charge in [0, 0.05) is 42.9 Å². The Morgan fingerprint density at radius 1 is 0.812 bits per heavy atom. The predicted molar refractivity (Wildman–Crippen MR) is 124 cm³/mol. The van der Waals surface area contributed by atoms with Crippen molar-refractivity contribution in [3.63, 3.8) is 0 Å². The molecule has 32 heavy (non-hydrogen) atoms. The summed E-state index contributed by atoms with van der Waals surface area (Å²) in [7, 11) is -8.26. The van der Waals surface area contributed by atoms with Crippen molar-refractivity contribution in [2.24, 2.45) is 0 Å². The lowest BCUT2D eigenvalue weighted by Crippen LogP contribution is -2.14. The average Bonchev–Trinajstić information content (AvgIpc) is 2.72.